The van der Waals surface area contributed by atoms with Crippen molar-refractivity contribution in [2.24, 2.45) is 5.92 Å². The summed E-state index contributed by atoms with van der Waals surface area (Å²) < 4.78 is 7.22. The number of methoxy groups -OCH3 is 1. The van der Waals surface area contributed by atoms with Crippen molar-refractivity contribution in [1.29, 1.82) is 0 Å². The van der Waals surface area contributed by atoms with Gasteiger partial charge in [0, 0.05) is 20.1 Å². The highest BCUT2D eigenvalue weighted by atomic mass is 16.5. The fourth-order valence-corrected chi connectivity index (χ4v) is 3.02. The smallest absolute Gasteiger partial charge is 0.225 e. The van der Waals surface area contributed by atoms with Gasteiger partial charge in [-0.2, -0.15) is 0 Å². The molecule has 0 saturated heterocycles. The molecule has 1 amide bonds. The molecule has 6 nitrogen and oxygen atoms in total. The molecule has 2 aliphatic rings. The van der Waals surface area contributed by atoms with E-state index in [2.05, 4.69) is 15.5 Å². The summed E-state index contributed by atoms with van der Waals surface area (Å²) in [5.74, 6) is 1.16. The van der Waals surface area contributed by atoms with Crippen molar-refractivity contribution in [1.82, 2.24) is 20.1 Å². The number of hydrogen-bond acceptors (Lipinski definition) is 4. The van der Waals surface area contributed by atoms with Crippen LogP contribution in [-0.2, 0) is 22.5 Å². The van der Waals surface area contributed by atoms with E-state index in [-0.39, 0.29) is 17.4 Å². The van der Waals surface area contributed by atoms with E-state index < -0.39 is 0 Å². The molecule has 0 aromatic carbocycles. The van der Waals surface area contributed by atoms with Gasteiger partial charge in [-0.05, 0) is 25.7 Å². The molecular weight excluding hydrogens is 244 g/mol. The first kappa shape index (κ1) is 12.6. The van der Waals surface area contributed by atoms with E-state index in [4.69, 9.17) is 4.74 Å². The second-order valence-corrected chi connectivity index (χ2v) is 5.69. The van der Waals surface area contributed by atoms with Gasteiger partial charge in [0.2, 0.25) is 5.91 Å². The third kappa shape index (κ3) is 2.36. The molecule has 0 bridgehead atoms. The molecule has 0 spiro atoms. The molecule has 1 N–H and O–H groups in total. The summed E-state index contributed by atoms with van der Waals surface area (Å²) in [7, 11) is 1.69. The standard InChI is InChI=1S/C13H20N4O2/c1-19-8-13(5-2-6-13)15-12(18)10-3-4-11-16-14-9-17(11)7-10/h9-10H,2-8H2,1H3,(H,15,18). The first-order valence-corrected chi connectivity index (χ1v) is 6.90. The zero-order chi connectivity index (χ0) is 13.3. The largest absolute Gasteiger partial charge is 0.382 e. The van der Waals surface area contributed by atoms with Gasteiger partial charge in [0.1, 0.15) is 12.2 Å². The minimum atomic E-state index is -0.112. The molecule has 1 aliphatic heterocycles. The molecule has 1 aliphatic carbocycles. The van der Waals surface area contributed by atoms with Gasteiger partial charge in [0.15, 0.2) is 0 Å². The van der Waals surface area contributed by atoms with Gasteiger partial charge in [-0.25, -0.2) is 0 Å². The summed E-state index contributed by atoms with van der Waals surface area (Å²) in [4.78, 5) is 12.4. The second-order valence-electron chi connectivity index (χ2n) is 5.69. The lowest BCUT2D eigenvalue weighted by Gasteiger charge is -2.43. The molecule has 6 heteroatoms. The lowest BCUT2D eigenvalue weighted by Crippen LogP contribution is -2.58. The highest BCUT2D eigenvalue weighted by Crippen LogP contribution is 2.32. The van der Waals surface area contributed by atoms with Crippen LogP contribution in [0.4, 0.5) is 0 Å². The number of carbonyl (C=O) groups excluding carboxylic acids is 1. The number of aryl methyl sites for hydroxylation is 1. The Bertz CT molecular complexity index is 467. The fraction of sp³-hybridized carbons (Fsp3) is 0.769. The van der Waals surface area contributed by atoms with Crippen molar-refractivity contribution in [3.05, 3.63) is 12.2 Å². The number of ether oxygens (including phenoxy) is 1. The highest BCUT2D eigenvalue weighted by Gasteiger charge is 2.40. The van der Waals surface area contributed by atoms with Crippen LogP contribution in [0.5, 0.6) is 0 Å². The van der Waals surface area contributed by atoms with Crippen molar-refractivity contribution in [2.75, 3.05) is 13.7 Å². The van der Waals surface area contributed by atoms with E-state index >= 15 is 0 Å². The number of fused-ring (bicyclic) bond motifs is 1. The first-order chi connectivity index (χ1) is 9.22. The maximum Gasteiger partial charge on any atom is 0.225 e. The maximum atomic E-state index is 12.4. The Morgan fingerprint density at radius 1 is 1.63 bits per heavy atom. The monoisotopic (exact) mass is 264 g/mol. The second kappa shape index (κ2) is 4.92. The van der Waals surface area contributed by atoms with Gasteiger partial charge >= 0.3 is 0 Å². The normalized spacial score (nSPS) is 24.4. The van der Waals surface area contributed by atoms with E-state index in [0.717, 1.165) is 31.5 Å². The average molecular weight is 264 g/mol. The molecule has 1 aromatic rings. The van der Waals surface area contributed by atoms with E-state index in [1.807, 2.05) is 4.57 Å². The molecule has 1 aromatic heterocycles. The number of nitrogens with one attached hydrogen (secondary N) is 1. The van der Waals surface area contributed by atoms with Gasteiger partial charge in [-0.15, -0.1) is 10.2 Å². The fourth-order valence-electron chi connectivity index (χ4n) is 3.02. The summed E-state index contributed by atoms with van der Waals surface area (Å²) in [6.45, 7) is 1.31. The Hall–Kier alpha value is -1.43. The molecule has 1 saturated carbocycles. The molecule has 19 heavy (non-hydrogen) atoms. The quantitative estimate of drug-likeness (QED) is 0.861. The summed E-state index contributed by atoms with van der Waals surface area (Å²) >= 11 is 0. The van der Waals surface area contributed by atoms with Crippen LogP contribution in [0.1, 0.15) is 31.5 Å². The average Bonchev–Trinajstić information content (AvgIpc) is 2.83. The van der Waals surface area contributed by atoms with Gasteiger partial charge in [0.05, 0.1) is 18.1 Å². The van der Waals surface area contributed by atoms with Crippen molar-refractivity contribution >= 4 is 5.91 Å². The minimum Gasteiger partial charge on any atom is -0.382 e. The maximum absolute atomic E-state index is 12.4. The van der Waals surface area contributed by atoms with Crippen LogP contribution in [0, 0.1) is 5.92 Å². The topological polar surface area (TPSA) is 69.0 Å². The van der Waals surface area contributed by atoms with Crippen LogP contribution in [0.15, 0.2) is 6.33 Å². The lowest BCUT2D eigenvalue weighted by molar-refractivity contribution is -0.130. The van der Waals surface area contributed by atoms with Gasteiger partial charge < -0.3 is 14.6 Å². The summed E-state index contributed by atoms with van der Waals surface area (Å²) in [5, 5.41) is 11.1. The third-order valence-electron chi connectivity index (χ3n) is 4.32. The minimum absolute atomic E-state index is 0.0258. The Labute approximate surface area is 112 Å². The van der Waals surface area contributed by atoms with E-state index in [0.29, 0.717) is 13.2 Å². The first-order valence-electron chi connectivity index (χ1n) is 6.90. The van der Waals surface area contributed by atoms with E-state index in [9.17, 15) is 4.79 Å². The number of nitrogens with zero attached hydrogens (tertiary/aromatic N) is 3. The highest BCUT2D eigenvalue weighted by molar-refractivity contribution is 5.79. The molecule has 0 radical (unpaired) electrons. The Morgan fingerprint density at radius 2 is 2.47 bits per heavy atom. The molecule has 1 unspecified atom stereocenters. The number of rotatable bonds is 4. The van der Waals surface area contributed by atoms with Gasteiger partial charge in [0.25, 0.3) is 0 Å². The van der Waals surface area contributed by atoms with Crippen LogP contribution >= 0.6 is 0 Å². The van der Waals surface area contributed by atoms with Crippen molar-refractivity contribution in [3.8, 4) is 0 Å². The molecule has 2 heterocycles. The summed E-state index contributed by atoms with van der Waals surface area (Å²) in [6, 6.07) is 0. The zero-order valence-corrected chi connectivity index (χ0v) is 11.3. The molecule has 1 atom stereocenters. The predicted molar refractivity (Wildman–Crippen MR) is 68.4 cm³/mol. The molecular formula is C13H20N4O2. The summed E-state index contributed by atoms with van der Waals surface area (Å²) in [5.41, 5.74) is -0.112. The van der Waals surface area contributed by atoms with Crippen LogP contribution in [0.2, 0.25) is 0 Å². The predicted octanol–water partition coefficient (Wildman–Crippen LogP) is 0.526. The number of aromatic nitrogens is 3. The van der Waals surface area contributed by atoms with Crippen LogP contribution < -0.4 is 5.32 Å². The molecule has 104 valence electrons. The Morgan fingerprint density at radius 3 is 3.16 bits per heavy atom. The number of amides is 1. The third-order valence-corrected chi connectivity index (χ3v) is 4.32. The van der Waals surface area contributed by atoms with Crippen molar-refractivity contribution < 1.29 is 9.53 Å². The van der Waals surface area contributed by atoms with Crippen LogP contribution in [0.3, 0.4) is 0 Å². The van der Waals surface area contributed by atoms with Crippen LogP contribution in [-0.4, -0.2) is 39.9 Å². The van der Waals surface area contributed by atoms with Crippen molar-refractivity contribution in [3.63, 3.8) is 0 Å². The zero-order valence-electron chi connectivity index (χ0n) is 11.3. The molecule has 3 rings (SSSR count). The van der Waals surface area contributed by atoms with Crippen LogP contribution in [0.25, 0.3) is 0 Å². The summed E-state index contributed by atoms with van der Waals surface area (Å²) in [6.07, 6.45) is 6.62. The number of carbonyl (C=O) groups is 1. The Balaban J connectivity index is 1.62. The van der Waals surface area contributed by atoms with Gasteiger partial charge in [-0.3, -0.25) is 4.79 Å². The van der Waals surface area contributed by atoms with E-state index in [1.54, 1.807) is 13.4 Å². The molecule has 1 fully saturated rings. The number of hydrogen-bond donors (Lipinski definition) is 1. The Kier molecular flexibility index (Phi) is 3.26. The lowest BCUT2D eigenvalue weighted by atomic mass is 9.77. The van der Waals surface area contributed by atoms with Crippen molar-refractivity contribution in [2.45, 2.75) is 44.2 Å². The van der Waals surface area contributed by atoms with E-state index in [1.165, 1.54) is 6.42 Å². The van der Waals surface area contributed by atoms with Gasteiger partial charge in [-0.1, -0.05) is 0 Å². The SMILES string of the molecule is COCC1(NC(=O)C2CCc3nncn3C2)CCC1.